The zero-order chi connectivity index (χ0) is 7.56. The van der Waals surface area contributed by atoms with Crippen LogP contribution < -0.4 is 0 Å². The average Bonchev–Trinajstić information content (AvgIpc) is 1.88. The smallest absolute Gasteiger partial charge is 0.0794 e. The van der Waals surface area contributed by atoms with Gasteiger partial charge in [0.25, 0.3) is 0 Å². The van der Waals surface area contributed by atoms with E-state index < -0.39 is 0 Å². The predicted molar refractivity (Wildman–Crippen MR) is 46.6 cm³/mol. The standard InChI is InChI=1S/C8H8BrN/c1-6(2)8-7(9)4-3-5-10-8/h3-5H,1H2,2H3. The minimum Gasteiger partial charge on any atom is -0.255 e. The van der Waals surface area contributed by atoms with Gasteiger partial charge >= 0.3 is 0 Å². The average molecular weight is 198 g/mol. The van der Waals surface area contributed by atoms with Crippen LogP contribution in [0.15, 0.2) is 29.4 Å². The summed E-state index contributed by atoms with van der Waals surface area (Å²) in [6, 6.07) is 3.84. The van der Waals surface area contributed by atoms with E-state index in [1.165, 1.54) is 0 Å². The molecule has 0 saturated heterocycles. The fraction of sp³-hybridized carbons (Fsp3) is 0.125. The SMILES string of the molecule is C=C(C)c1ncccc1Br. The molecule has 1 aromatic heterocycles. The first-order valence-corrected chi connectivity index (χ1v) is 3.77. The lowest BCUT2D eigenvalue weighted by atomic mass is 10.2. The molecule has 0 aromatic carbocycles. The molecule has 0 aliphatic rings. The van der Waals surface area contributed by atoms with Gasteiger partial charge in [0.05, 0.1) is 5.69 Å². The Bertz CT molecular complexity index is 255. The van der Waals surface area contributed by atoms with Crippen molar-refractivity contribution in [3.63, 3.8) is 0 Å². The second-order valence-electron chi connectivity index (χ2n) is 2.11. The van der Waals surface area contributed by atoms with Gasteiger partial charge in [-0.25, -0.2) is 0 Å². The lowest BCUT2D eigenvalue weighted by molar-refractivity contribution is 1.25. The molecule has 1 heterocycles. The molecule has 0 bridgehead atoms. The first kappa shape index (κ1) is 7.48. The third-order valence-electron chi connectivity index (χ3n) is 1.16. The molecule has 0 fully saturated rings. The van der Waals surface area contributed by atoms with Gasteiger partial charge in [-0.2, -0.15) is 0 Å². The molecule has 0 aliphatic heterocycles. The second-order valence-corrected chi connectivity index (χ2v) is 2.97. The number of nitrogens with zero attached hydrogens (tertiary/aromatic N) is 1. The number of hydrogen-bond donors (Lipinski definition) is 0. The van der Waals surface area contributed by atoms with Crippen molar-refractivity contribution in [2.45, 2.75) is 6.92 Å². The van der Waals surface area contributed by atoms with Crippen molar-refractivity contribution in [3.05, 3.63) is 35.1 Å². The van der Waals surface area contributed by atoms with Gasteiger partial charge in [0, 0.05) is 10.7 Å². The Kier molecular flexibility index (Phi) is 2.22. The lowest BCUT2D eigenvalue weighted by Crippen LogP contribution is -1.84. The minimum atomic E-state index is 0.933. The molecular weight excluding hydrogens is 190 g/mol. The zero-order valence-electron chi connectivity index (χ0n) is 5.76. The van der Waals surface area contributed by atoms with E-state index in [1.807, 2.05) is 19.1 Å². The molecule has 52 valence electrons. The van der Waals surface area contributed by atoms with E-state index in [0.29, 0.717) is 0 Å². The van der Waals surface area contributed by atoms with Gasteiger partial charge < -0.3 is 0 Å². The van der Waals surface area contributed by atoms with E-state index in [2.05, 4.69) is 27.5 Å². The van der Waals surface area contributed by atoms with E-state index in [4.69, 9.17) is 0 Å². The highest BCUT2D eigenvalue weighted by atomic mass is 79.9. The van der Waals surface area contributed by atoms with Gasteiger partial charge in [-0.3, -0.25) is 4.98 Å². The molecule has 0 unspecified atom stereocenters. The van der Waals surface area contributed by atoms with Crippen LogP contribution in [0, 0.1) is 0 Å². The quantitative estimate of drug-likeness (QED) is 0.675. The van der Waals surface area contributed by atoms with Crippen molar-refractivity contribution in [2.24, 2.45) is 0 Å². The molecule has 0 atom stereocenters. The van der Waals surface area contributed by atoms with Crippen LogP contribution in [0.3, 0.4) is 0 Å². The van der Waals surface area contributed by atoms with Crippen molar-refractivity contribution in [2.75, 3.05) is 0 Å². The second kappa shape index (κ2) is 2.97. The van der Waals surface area contributed by atoms with Crippen LogP contribution in [0.1, 0.15) is 12.6 Å². The summed E-state index contributed by atoms with van der Waals surface area (Å²) in [5.74, 6) is 0. The monoisotopic (exact) mass is 197 g/mol. The molecule has 1 nitrogen and oxygen atoms in total. The van der Waals surface area contributed by atoms with E-state index in [1.54, 1.807) is 6.20 Å². The number of allylic oxidation sites excluding steroid dienone is 1. The number of hydrogen-bond acceptors (Lipinski definition) is 1. The molecular formula is C8H8BrN. The molecule has 2 heteroatoms. The van der Waals surface area contributed by atoms with Gasteiger partial charge in [-0.15, -0.1) is 0 Å². The highest BCUT2D eigenvalue weighted by Crippen LogP contribution is 2.19. The Balaban J connectivity index is 3.15. The summed E-state index contributed by atoms with van der Waals surface area (Å²) >= 11 is 3.37. The number of aromatic nitrogens is 1. The third kappa shape index (κ3) is 1.45. The Morgan fingerprint density at radius 1 is 1.70 bits per heavy atom. The molecule has 10 heavy (non-hydrogen) atoms. The lowest BCUT2D eigenvalue weighted by Gasteiger charge is -1.99. The van der Waals surface area contributed by atoms with Crippen molar-refractivity contribution in [1.82, 2.24) is 4.98 Å². The number of halogens is 1. The summed E-state index contributed by atoms with van der Waals surface area (Å²) in [6.45, 7) is 5.73. The fourth-order valence-electron chi connectivity index (χ4n) is 0.700. The first-order chi connectivity index (χ1) is 4.72. The van der Waals surface area contributed by atoms with Crippen molar-refractivity contribution >= 4 is 21.5 Å². The Morgan fingerprint density at radius 3 is 2.80 bits per heavy atom. The van der Waals surface area contributed by atoms with E-state index in [-0.39, 0.29) is 0 Å². The Labute approximate surface area is 68.9 Å². The summed E-state index contributed by atoms with van der Waals surface area (Å²) in [6.07, 6.45) is 1.76. The molecule has 1 aromatic rings. The topological polar surface area (TPSA) is 12.9 Å². The van der Waals surface area contributed by atoms with Crippen LogP contribution >= 0.6 is 15.9 Å². The summed E-state index contributed by atoms with van der Waals surface area (Å²) in [5.41, 5.74) is 1.91. The Morgan fingerprint density at radius 2 is 2.40 bits per heavy atom. The summed E-state index contributed by atoms with van der Waals surface area (Å²) in [5, 5.41) is 0. The summed E-state index contributed by atoms with van der Waals surface area (Å²) in [7, 11) is 0. The molecule has 0 N–H and O–H groups in total. The van der Waals surface area contributed by atoms with Gasteiger partial charge in [0.15, 0.2) is 0 Å². The predicted octanol–water partition coefficient (Wildman–Crippen LogP) is 2.88. The molecule has 0 saturated carbocycles. The largest absolute Gasteiger partial charge is 0.255 e. The van der Waals surface area contributed by atoms with E-state index in [0.717, 1.165) is 15.7 Å². The van der Waals surface area contributed by atoms with Crippen molar-refractivity contribution in [3.8, 4) is 0 Å². The van der Waals surface area contributed by atoms with E-state index in [9.17, 15) is 0 Å². The maximum Gasteiger partial charge on any atom is 0.0794 e. The zero-order valence-corrected chi connectivity index (χ0v) is 7.35. The maximum atomic E-state index is 4.13. The van der Waals surface area contributed by atoms with Gasteiger partial charge in [-0.05, 0) is 40.6 Å². The van der Waals surface area contributed by atoms with Crippen LogP contribution in [0.25, 0.3) is 5.57 Å². The maximum absolute atomic E-state index is 4.13. The van der Waals surface area contributed by atoms with Gasteiger partial charge in [0.2, 0.25) is 0 Å². The first-order valence-electron chi connectivity index (χ1n) is 2.98. The van der Waals surface area contributed by atoms with Crippen LogP contribution in [0.2, 0.25) is 0 Å². The fourth-order valence-corrected chi connectivity index (χ4v) is 1.29. The summed E-state index contributed by atoms with van der Waals surface area (Å²) < 4.78 is 1.00. The molecule has 0 amide bonds. The van der Waals surface area contributed by atoms with Gasteiger partial charge in [0.1, 0.15) is 0 Å². The Hall–Kier alpha value is -0.630. The number of pyridine rings is 1. The third-order valence-corrected chi connectivity index (χ3v) is 1.80. The molecule has 0 spiro atoms. The summed E-state index contributed by atoms with van der Waals surface area (Å²) in [4.78, 5) is 4.13. The van der Waals surface area contributed by atoms with E-state index >= 15 is 0 Å². The molecule has 1 rings (SSSR count). The van der Waals surface area contributed by atoms with Crippen LogP contribution in [-0.4, -0.2) is 4.98 Å². The highest BCUT2D eigenvalue weighted by molar-refractivity contribution is 9.10. The van der Waals surface area contributed by atoms with Crippen molar-refractivity contribution in [1.29, 1.82) is 0 Å². The van der Waals surface area contributed by atoms with Crippen LogP contribution in [-0.2, 0) is 0 Å². The minimum absolute atomic E-state index is 0.933. The van der Waals surface area contributed by atoms with Gasteiger partial charge in [-0.1, -0.05) is 6.58 Å². The number of rotatable bonds is 1. The highest BCUT2D eigenvalue weighted by Gasteiger charge is 1.97. The van der Waals surface area contributed by atoms with Crippen LogP contribution in [0.5, 0.6) is 0 Å². The van der Waals surface area contributed by atoms with Crippen molar-refractivity contribution < 1.29 is 0 Å². The molecule has 0 aliphatic carbocycles. The van der Waals surface area contributed by atoms with Crippen LogP contribution in [0.4, 0.5) is 0 Å². The normalized spacial score (nSPS) is 9.40. The molecule has 0 radical (unpaired) electrons.